The number of pyridine rings is 1. The van der Waals surface area contributed by atoms with Crippen molar-refractivity contribution in [2.75, 3.05) is 0 Å². The van der Waals surface area contributed by atoms with Crippen molar-refractivity contribution in [3.8, 4) is 0 Å². The molecular weight excluding hydrogens is 190 g/mol. The van der Waals surface area contributed by atoms with Crippen LogP contribution in [-0.2, 0) is 0 Å². The summed E-state index contributed by atoms with van der Waals surface area (Å²) in [6, 6.07) is 3.24. The van der Waals surface area contributed by atoms with Gasteiger partial charge in [0.2, 0.25) is 4.92 Å². The molecule has 0 saturated heterocycles. The molecule has 1 aromatic rings. The van der Waals surface area contributed by atoms with Gasteiger partial charge in [0, 0.05) is 11.6 Å². The molecule has 0 aliphatic rings. The zero-order chi connectivity index (χ0) is 10.7. The summed E-state index contributed by atoms with van der Waals surface area (Å²) in [6.07, 6.45) is 2.66. The first-order valence-electron chi connectivity index (χ1n) is 3.68. The zero-order valence-corrected chi connectivity index (χ0v) is 7.32. The Labute approximate surface area is 78.8 Å². The number of aryl methyl sites for hydroxylation is 1. The standard InChI is InChI=1S/C7H8N3O4/c1-6-3-2-4-8(5-6)7(9(11)12)10(13)14/h2-5H,1H3,(H,11,12)/q+1. The van der Waals surface area contributed by atoms with Crippen LogP contribution < -0.4 is 4.57 Å². The second-order valence-electron chi connectivity index (χ2n) is 2.62. The Kier molecular flexibility index (Phi) is 2.61. The van der Waals surface area contributed by atoms with Gasteiger partial charge in [0.1, 0.15) is 0 Å². The van der Waals surface area contributed by atoms with Gasteiger partial charge >= 0.3 is 5.96 Å². The maximum Gasteiger partial charge on any atom is 0.814 e. The van der Waals surface area contributed by atoms with E-state index in [9.17, 15) is 15.3 Å². The molecular formula is C7H8N3O4+. The molecule has 1 rings (SSSR count). The van der Waals surface area contributed by atoms with E-state index in [1.54, 1.807) is 13.0 Å². The van der Waals surface area contributed by atoms with E-state index < -0.39 is 15.8 Å². The SMILES string of the molecule is Cc1ccc[n+](C([N+](=O)[O-])=[N+]([O-])O)c1. The van der Waals surface area contributed by atoms with Crippen LogP contribution in [0.3, 0.4) is 0 Å². The first kappa shape index (κ1) is 9.90. The molecule has 1 aromatic heterocycles. The van der Waals surface area contributed by atoms with Gasteiger partial charge in [-0.3, -0.25) is 0 Å². The van der Waals surface area contributed by atoms with Crippen LogP contribution in [-0.4, -0.2) is 21.0 Å². The van der Waals surface area contributed by atoms with Crippen LogP contribution in [0.15, 0.2) is 24.5 Å². The first-order valence-corrected chi connectivity index (χ1v) is 3.68. The van der Waals surface area contributed by atoms with E-state index in [-0.39, 0.29) is 0 Å². The maximum atomic E-state index is 10.5. The number of hydrogen-bond donors (Lipinski definition) is 1. The Morgan fingerprint density at radius 2 is 2.21 bits per heavy atom. The van der Waals surface area contributed by atoms with E-state index in [4.69, 9.17) is 5.21 Å². The number of nitro groups is 1. The van der Waals surface area contributed by atoms with Gasteiger partial charge in [0.15, 0.2) is 17.3 Å². The smallest absolute Gasteiger partial charge is 0.407 e. The van der Waals surface area contributed by atoms with E-state index in [1.165, 1.54) is 18.5 Å². The van der Waals surface area contributed by atoms with Gasteiger partial charge in [-0.05, 0) is 17.6 Å². The summed E-state index contributed by atoms with van der Waals surface area (Å²) in [5.74, 6) is -0.964. The lowest BCUT2D eigenvalue weighted by Crippen LogP contribution is -2.51. The molecule has 0 amide bonds. The van der Waals surface area contributed by atoms with E-state index in [0.29, 0.717) is 0 Å². The lowest BCUT2D eigenvalue weighted by molar-refractivity contribution is -0.808. The van der Waals surface area contributed by atoms with Gasteiger partial charge < -0.3 is 5.21 Å². The fraction of sp³-hybridized carbons (Fsp3) is 0.143. The molecule has 0 radical (unpaired) electrons. The molecule has 1 N–H and O–H groups in total. The maximum absolute atomic E-state index is 10.5. The van der Waals surface area contributed by atoms with Crippen LogP contribution in [0.1, 0.15) is 5.56 Å². The van der Waals surface area contributed by atoms with Crippen molar-refractivity contribution >= 4 is 5.96 Å². The summed E-state index contributed by atoms with van der Waals surface area (Å²) in [4.78, 5) is 8.65. The molecule has 0 aliphatic carbocycles. The second kappa shape index (κ2) is 3.69. The monoisotopic (exact) mass is 198 g/mol. The minimum Gasteiger partial charge on any atom is -0.407 e. The molecule has 0 atom stereocenters. The van der Waals surface area contributed by atoms with Crippen LogP contribution in [0.5, 0.6) is 0 Å². The van der Waals surface area contributed by atoms with E-state index in [0.717, 1.165) is 10.1 Å². The predicted molar refractivity (Wildman–Crippen MR) is 44.2 cm³/mol. The molecule has 7 heteroatoms. The Hall–Kier alpha value is -2.18. The third kappa shape index (κ3) is 1.94. The van der Waals surface area contributed by atoms with E-state index in [1.807, 2.05) is 0 Å². The Morgan fingerprint density at radius 1 is 1.57 bits per heavy atom. The highest BCUT2D eigenvalue weighted by molar-refractivity contribution is 5.55. The molecule has 1 heterocycles. The molecule has 7 nitrogen and oxygen atoms in total. The van der Waals surface area contributed by atoms with Crippen LogP contribution >= 0.6 is 0 Å². The van der Waals surface area contributed by atoms with Crippen molar-refractivity contribution < 1.29 is 19.6 Å². The van der Waals surface area contributed by atoms with Crippen molar-refractivity contribution in [1.29, 1.82) is 0 Å². The fourth-order valence-corrected chi connectivity index (χ4v) is 0.980. The lowest BCUT2D eigenvalue weighted by atomic mass is 10.3. The first-order chi connectivity index (χ1) is 6.52. The lowest BCUT2D eigenvalue weighted by Gasteiger charge is -1.89. The highest BCUT2D eigenvalue weighted by Gasteiger charge is 2.38. The van der Waals surface area contributed by atoms with Gasteiger partial charge in [0.05, 0.1) is 0 Å². The van der Waals surface area contributed by atoms with E-state index in [2.05, 4.69) is 0 Å². The van der Waals surface area contributed by atoms with Crippen molar-refractivity contribution in [3.05, 3.63) is 45.4 Å². The third-order valence-corrected chi connectivity index (χ3v) is 1.51. The molecule has 0 saturated carbocycles. The fourth-order valence-electron chi connectivity index (χ4n) is 0.980. The second-order valence-corrected chi connectivity index (χ2v) is 2.62. The molecule has 14 heavy (non-hydrogen) atoms. The summed E-state index contributed by atoms with van der Waals surface area (Å²) in [5.41, 5.74) is 0.730. The Bertz CT molecular complexity index is 398. The predicted octanol–water partition coefficient (Wildman–Crippen LogP) is -0.337. The Balaban J connectivity index is 3.27. The molecule has 0 spiro atoms. The van der Waals surface area contributed by atoms with Crippen molar-refractivity contribution in [1.82, 2.24) is 0 Å². The van der Waals surface area contributed by atoms with Gasteiger partial charge in [-0.1, -0.05) is 0 Å². The number of rotatable bonds is 0. The quantitative estimate of drug-likeness (QED) is 0.117. The zero-order valence-electron chi connectivity index (χ0n) is 7.32. The van der Waals surface area contributed by atoms with Gasteiger partial charge in [-0.15, -0.1) is 0 Å². The summed E-state index contributed by atoms with van der Waals surface area (Å²) in [7, 11) is 0. The molecule has 74 valence electrons. The summed E-state index contributed by atoms with van der Waals surface area (Å²) < 4.78 is 0.933. The summed E-state index contributed by atoms with van der Waals surface area (Å²) >= 11 is 0. The molecule has 0 fully saturated rings. The average Bonchev–Trinajstić information content (AvgIpc) is 2.02. The molecule has 0 bridgehead atoms. The molecule has 0 unspecified atom stereocenters. The topological polar surface area (TPSA) is 93.3 Å². The average molecular weight is 198 g/mol. The highest BCUT2D eigenvalue weighted by atomic mass is 16.8. The minimum atomic E-state index is -0.966. The highest BCUT2D eigenvalue weighted by Crippen LogP contribution is 1.89. The van der Waals surface area contributed by atoms with Crippen LogP contribution in [0.2, 0.25) is 0 Å². The van der Waals surface area contributed by atoms with Gasteiger partial charge in [-0.2, -0.15) is 0 Å². The number of nitrogens with zero attached hydrogens (tertiary/aromatic N) is 3. The van der Waals surface area contributed by atoms with Gasteiger partial charge in [-0.25, -0.2) is 15.3 Å². The van der Waals surface area contributed by atoms with Crippen LogP contribution in [0, 0.1) is 22.2 Å². The Morgan fingerprint density at radius 3 is 2.64 bits per heavy atom. The van der Waals surface area contributed by atoms with Crippen LogP contribution in [0.25, 0.3) is 0 Å². The number of hydrogen-bond acceptors (Lipinski definition) is 4. The van der Waals surface area contributed by atoms with Crippen molar-refractivity contribution in [2.45, 2.75) is 6.92 Å². The van der Waals surface area contributed by atoms with Crippen molar-refractivity contribution in [3.63, 3.8) is 0 Å². The van der Waals surface area contributed by atoms with E-state index >= 15 is 0 Å². The van der Waals surface area contributed by atoms with Crippen molar-refractivity contribution in [2.24, 2.45) is 0 Å². The normalized spacial score (nSPS) is 12.1. The molecule has 0 aromatic carbocycles. The van der Waals surface area contributed by atoms with Crippen LogP contribution in [0.4, 0.5) is 0 Å². The summed E-state index contributed by atoms with van der Waals surface area (Å²) in [6.45, 7) is 1.71. The van der Waals surface area contributed by atoms with Gasteiger partial charge in [0.25, 0.3) is 0 Å². The molecule has 0 aliphatic heterocycles. The third-order valence-electron chi connectivity index (χ3n) is 1.51. The largest absolute Gasteiger partial charge is 0.814 e. The number of aromatic nitrogens is 1. The summed E-state index contributed by atoms with van der Waals surface area (Å²) in [5, 5.41) is 29.4. The minimum absolute atomic E-state index is 0.730.